The molecule has 0 bridgehead atoms. The number of fused-ring (bicyclic) bond motifs is 1. The Bertz CT molecular complexity index is 1140. The molecule has 1 aliphatic rings. The highest BCUT2D eigenvalue weighted by Crippen LogP contribution is 2.29. The van der Waals surface area contributed by atoms with E-state index in [1.54, 1.807) is 17.5 Å². The molecule has 4 aromatic rings. The summed E-state index contributed by atoms with van der Waals surface area (Å²) in [6.45, 7) is 4.59. The van der Waals surface area contributed by atoms with Crippen LogP contribution >= 0.6 is 22.9 Å². The van der Waals surface area contributed by atoms with Crippen LogP contribution in [0.4, 0.5) is 16.8 Å². The number of halogens is 1. The number of benzene rings is 2. The topological polar surface area (TPSA) is 57.2 Å². The zero-order valence-electron chi connectivity index (χ0n) is 16.3. The van der Waals surface area contributed by atoms with Gasteiger partial charge in [-0.25, -0.2) is 15.0 Å². The highest BCUT2D eigenvalue weighted by molar-refractivity contribution is 7.13. The summed E-state index contributed by atoms with van der Waals surface area (Å²) in [6, 6.07) is 16.1. The molecule has 152 valence electrons. The summed E-state index contributed by atoms with van der Waals surface area (Å²) in [5, 5.41) is 6.92. The number of thiazole rings is 1. The van der Waals surface area contributed by atoms with E-state index in [2.05, 4.69) is 26.2 Å². The van der Waals surface area contributed by atoms with Crippen molar-refractivity contribution < 1.29 is 0 Å². The molecule has 1 fully saturated rings. The van der Waals surface area contributed by atoms with Crippen LogP contribution in [0, 0.1) is 0 Å². The van der Waals surface area contributed by atoms with Crippen LogP contribution in [0.1, 0.15) is 5.56 Å². The van der Waals surface area contributed by atoms with Gasteiger partial charge in [-0.3, -0.25) is 4.90 Å². The number of aromatic nitrogens is 3. The Morgan fingerprint density at radius 2 is 1.77 bits per heavy atom. The van der Waals surface area contributed by atoms with Gasteiger partial charge < -0.3 is 10.2 Å². The Labute approximate surface area is 184 Å². The van der Waals surface area contributed by atoms with Crippen molar-refractivity contribution in [2.75, 3.05) is 36.4 Å². The van der Waals surface area contributed by atoms with Crippen molar-refractivity contribution in [3.05, 3.63) is 70.7 Å². The molecule has 0 unspecified atom stereocenters. The fourth-order valence-electron chi connectivity index (χ4n) is 3.69. The zero-order chi connectivity index (χ0) is 20.3. The van der Waals surface area contributed by atoms with Gasteiger partial charge in [0, 0.05) is 49.3 Å². The maximum Gasteiger partial charge on any atom is 0.188 e. The minimum absolute atomic E-state index is 0.756. The van der Waals surface area contributed by atoms with Gasteiger partial charge in [0.15, 0.2) is 16.8 Å². The summed E-state index contributed by atoms with van der Waals surface area (Å²) >= 11 is 7.69. The summed E-state index contributed by atoms with van der Waals surface area (Å²) in [6.07, 6.45) is 1.79. The number of anilines is 3. The van der Waals surface area contributed by atoms with Gasteiger partial charge in [-0.05, 0) is 29.8 Å². The molecule has 1 saturated heterocycles. The zero-order valence-corrected chi connectivity index (χ0v) is 17.9. The van der Waals surface area contributed by atoms with Gasteiger partial charge in [0.2, 0.25) is 0 Å². The quantitative estimate of drug-likeness (QED) is 0.484. The van der Waals surface area contributed by atoms with E-state index in [9.17, 15) is 0 Å². The number of para-hydroxylation sites is 2. The largest absolute Gasteiger partial charge is 0.351 e. The summed E-state index contributed by atoms with van der Waals surface area (Å²) in [5.41, 5.74) is 3.02. The van der Waals surface area contributed by atoms with Crippen molar-refractivity contribution in [2.45, 2.75) is 6.54 Å². The first-order valence-corrected chi connectivity index (χ1v) is 11.2. The molecule has 0 spiro atoms. The van der Waals surface area contributed by atoms with E-state index in [1.807, 2.05) is 47.8 Å². The molecule has 1 aliphatic heterocycles. The van der Waals surface area contributed by atoms with E-state index in [0.29, 0.717) is 0 Å². The smallest absolute Gasteiger partial charge is 0.188 e. The molecule has 6 nitrogen and oxygen atoms in total. The molecule has 0 saturated carbocycles. The summed E-state index contributed by atoms with van der Waals surface area (Å²) < 4.78 is 0. The van der Waals surface area contributed by atoms with E-state index >= 15 is 0 Å². The van der Waals surface area contributed by atoms with Crippen LogP contribution in [0.2, 0.25) is 5.02 Å². The Balaban J connectivity index is 1.36. The van der Waals surface area contributed by atoms with Gasteiger partial charge >= 0.3 is 0 Å². The standard InChI is InChI=1S/C22H21ClN6S/c23-17-5-3-4-16(14-17)15-28-9-11-29(12-10-28)21-20(27-22-24-8-13-30-22)25-18-6-1-2-7-19(18)26-21/h1-8,13-14H,9-12,15H2,(H,24,25,27). The second-order valence-electron chi connectivity index (χ2n) is 7.24. The summed E-state index contributed by atoms with van der Waals surface area (Å²) in [5.74, 6) is 1.64. The minimum Gasteiger partial charge on any atom is -0.351 e. The van der Waals surface area contributed by atoms with Crippen LogP contribution in [-0.2, 0) is 6.54 Å². The van der Waals surface area contributed by atoms with Crippen molar-refractivity contribution >= 4 is 50.7 Å². The number of nitrogens with one attached hydrogen (secondary N) is 1. The van der Waals surface area contributed by atoms with Gasteiger partial charge in [0.1, 0.15) is 0 Å². The Hall–Kier alpha value is -2.74. The average molecular weight is 437 g/mol. The first-order valence-electron chi connectivity index (χ1n) is 9.90. The average Bonchev–Trinajstić information content (AvgIpc) is 3.27. The van der Waals surface area contributed by atoms with Crippen LogP contribution < -0.4 is 10.2 Å². The normalized spacial score (nSPS) is 14.9. The predicted molar refractivity (Wildman–Crippen MR) is 124 cm³/mol. The number of hydrogen-bond donors (Lipinski definition) is 1. The van der Waals surface area contributed by atoms with E-state index in [-0.39, 0.29) is 0 Å². The molecule has 0 aliphatic carbocycles. The third-order valence-electron chi connectivity index (χ3n) is 5.18. The predicted octanol–water partition coefficient (Wildman–Crippen LogP) is 4.81. The van der Waals surface area contributed by atoms with Crippen LogP contribution in [0.5, 0.6) is 0 Å². The third kappa shape index (κ3) is 4.23. The molecular formula is C22H21ClN6S. The first kappa shape index (κ1) is 19.2. The van der Waals surface area contributed by atoms with Crippen molar-refractivity contribution in [2.24, 2.45) is 0 Å². The minimum atomic E-state index is 0.756. The molecule has 1 N–H and O–H groups in total. The van der Waals surface area contributed by atoms with E-state index in [0.717, 1.165) is 65.5 Å². The lowest BCUT2D eigenvalue weighted by Crippen LogP contribution is -2.46. The van der Waals surface area contributed by atoms with Crippen LogP contribution in [-0.4, -0.2) is 46.0 Å². The van der Waals surface area contributed by atoms with Gasteiger partial charge in [-0.15, -0.1) is 11.3 Å². The van der Waals surface area contributed by atoms with Crippen LogP contribution in [0.3, 0.4) is 0 Å². The highest BCUT2D eigenvalue weighted by Gasteiger charge is 2.22. The van der Waals surface area contributed by atoms with Gasteiger partial charge in [0.05, 0.1) is 11.0 Å². The lowest BCUT2D eigenvalue weighted by atomic mass is 10.2. The number of nitrogens with zero attached hydrogens (tertiary/aromatic N) is 5. The Kier molecular flexibility index (Phi) is 5.48. The van der Waals surface area contributed by atoms with E-state index < -0.39 is 0 Å². The van der Waals surface area contributed by atoms with E-state index in [1.165, 1.54) is 5.56 Å². The molecule has 3 heterocycles. The fraction of sp³-hybridized carbons (Fsp3) is 0.227. The van der Waals surface area contributed by atoms with Crippen LogP contribution in [0.25, 0.3) is 11.0 Å². The fourth-order valence-corrected chi connectivity index (χ4v) is 4.43. The monoisotopic (exact) mass is 436 g/mol. The number of rotatable bonds is 5. The first-order chi connectivity index (χ1) is 14.7. The van der Waals surface area contributed by atoms with Crippen molar-refractivity contribution in [1.82, 2.24) is 19.9 Å². The molecule has 2 aromatic carbocycles. The second kappa shape index (κ2) is 8.55. The molecule has 0 amide bonds. The lowest BCUT2D eigenvalue weighted by molar-refractivity contribution is 0.249. The molecular weight excluding hydrogens is 416 g/mol. The molecule has 2 aromatic heterocycles. The molecule has 0 atom stereocenters. The number of hydrogen-bond acceptors (Lipinski definition) is 7. The maximum absolute atomic E-state index is 6.14. The SMILES string of the molecule is Clc1cccc(CN2CCN(c3nc4ccccc4nc3Nc3nccs3)CC2)c1. The van der Waals surface area contributed by atoms with Gasteiger partial charge in [-0.1, -0.05) is 35.9 Å². The van der Waals surface area contributed by atoms with Gasteiger partial charge in [-0.2, -0.15) is 0 Å². The van der Waals surface area contributed by atoms with Gasteiger partial charge in [0.25, 0.3) is 0 Å². The maximum atomic E-state index is 6.14. The second-order valence-corrected chi connectivity index (χ2v) is 8.57. The van der Waals surface area contributed by atoms with Crippen molar-refractivity contribution in [1.29, 1.82) is 0 Å². The summed E-state index contributed by atoms with van der Waals surface area (Å²) in [7, 11) is 0. The molecule has 30 heavy (non-hydrogen) atoms. The van der Waals surface area contributed by atoms with Crippen LogP contribution in [0.15, 0.2) is 60.1 Å². The van der Waals surface area contributed by atoms with Crippen molar-refractivity contribution in [3.8, 4) is 0 Å². The molecule has 5 rings (SSSR count). The van der Waals surface area contributed by atoms with Crippen molar-refractivity contribution in [3.63, 3.8) is 0 Å². The molecule has 0 radical (unpaired) electrons. The number of piperazine rings is 1. The van der Waals surface area contributed by atoms with E-state index in [4.69, 9.17) is 21.6 Å². The highest BCUT2D eigenvalue weighted by atomic mass is 35.5. The lowest BCUT2D eigenvalue weighted by Gasteiger charge is -2.36. The molecule has 8 heteroatoms. The third-order valence-corrected chi connectivity index (χ3v) is 6.10. The summed E-state index contributed by atoms with van der Waals surface area (Å²) in [4.78, 5) is 18.9. The Morgan fingerprint density at radius 1 is 0.967 bits per heavy atom. The Morgan fingerprint density at radius 3 is 2.50 bits per heavy atom.